The Kier molecular flexibility index (Phi) is 6.39. The van der Waals surface area contributed by atoms with E-state index in [1.807, 2.05) is 43.3 Å². The normalized spacial score (nSPS) is 11.1. The molecule has 3 aromatic carbocycles. The largest absolute Gasteiger partial charge is 0.326 e. The maximum Gasteiger partial charge on any atom is 0.264 e. The maximum atomic E-state index is 13.5. The highest BCUT2D eigenvalue weighted by Gasteiger charge is 2.25. The van der Waals surface area contributed by atoms with E-state index in [1.165, 1.54) is 23.4 Å². The lowest BCUT2D eigenvalue weighted by Gasteiger charge is -2.25. The smallest absolute Gasteiger partial charge is 0.264 e. The first kappa shape index (κ1) is 21.1. The van der Waals surface area contributed by atoms with Gasteiger partial charge in [-0.15, -0.1) is 0 Å². The Morgan fingerprint density at radius 2 is 1.66 bits per heavy atom. The lowest BCUT2D eigenvalue weighted by atomic mass is 10.1. The van der Waals surface area contributed by atoms with Crippen LogP contribution in [0.25, 0.3) is 0 Å². The summed E-state index contributed by atoms with van der Waals surface area (Å²) in [4.78, 5) is 11.4. The lowest BCUT2D eigenvalue weighted by Crippen LogP contribution is -2.30. The fraction of sp³-hybridized carbons (Fsp3) is 0.136. The summed E-state index contributed by atoms with van der Waals surface area (Å²) in [5.74, 6) is -0.212. The van der Waals surface area contributed by atoms with E-state index in [1.54, 1.807) is 24.3 Å². The van der Waals surface area contributed by atoms with Crippen LogP contribution >= 0.6 is 15.9 Å². The van der Waals surface area contributed by atoms with E-state index in [2.05, 4.69) is 21.2 Å². The molecule has 0 fully saturated rings. The van der Waals surface area contributed by atoms with E-state index in [4.69, 9.17) is 0 Å². The third kappa shape index (κ3) is 5.25. The van der Waals surface area contributed by atoms with Crippen LogP contribution in [-0.2, 0) is 21.4 Å². The summed E-state index contributed by atoms with van der Waals surface area (Å²) in [6, 6.07) is 21.1. The molecule has 7 heteroatoms. The zero-order valence-corrected chi connectivity index (χ0v) is 18.5. The van der Waals surface area contributed by atoms with Crippen molar-refractivity contribution in [3.63, 3.8) is 0 Å². The molecule has 0 aliphatic rings. The van der Waals surface area contributed by atoms with E-state index in [0.29, 0.717) is 11.4 Å². The molecule has 3 rings (SSSR count). The number of hydrogen-bond donors (Lipinski definition) is 1. The summed E-state index contributed by atoms with van der Waals surface area (Å²) in [6.07, 6.45) is 0. The molecule has 0 saturated heterocycles. The van der Waals surface area contributed by atoms with Gasteiger partial charge in [-0.3, -0.25) is 9.10 Å². The second-order valence-corrected chi connectivity index (χ2v) is 9.46. The Balaban J connectivity index is 2.01. The second kappa shape index (κ2) is 8.80. The molecule has 0 aromatic heterocycles. The van der Waals surface area contributed by atoms with Crippen molar-refractivity contribution in [1.82, 2.24) is 0 Å². The summed E-state index contributed by atoms with van der Waals surface area (Å²) in [7, 11) is -3.82. The van der Waals surface area contributed by atoms with Gasteiger partial charge in [0.15, 0.2) is 0 Å². The van der Waals surface area contributed by atoms with Crippen molar-refractivity contribution in [2.45, 2.75) is 25.3 Å². The topological polar surface area (TPSA) is 66.5 Å². The number of carbonyl (C=O) groups is 1. The van der Waals surface area contributed by atoms with Gasteiger partial charge in [-0.25, -0.2) is 8.42 Å². The van der Waals surface area contributed by atoms with E-state index in [-0.39, 0.29) is 17.3 Å². The number of halogens is 1. The number of nitrogens with zero attached hydrogens (tertiary/aromatic N) is 1. The highest BCUT2D eigenvalue weighted by molar-refractivity contribution is 9.10. The molecule has 5 nitrogen and oxygen atoms in total. The van der Waals surface area contributed by atoms with Crippen LogP contribution in [0.2, 0.25) is 0 Å². The first-order valence-electron chi connectivity index (χ1n) is 8.97. The SMILES string of the molecule is CC(=O)Nc1ccc(S(=O)(=O)N(Cc2cccc(C)c2)c2ccc(Br)cc2)cc1. The van der Waals surface area contributed by atoms with Crippen LogP contribution in [0.15, 0.2) is 82.2 Å². The van der Waals surface area contributed by atoms with Gasteiger partial charge in [0.25, 0.3) is 10.0 Å². The molecule has 0 aliphatic carbocycles. The van der Waals surface area contributed by atoms with Gasteiger partial charge in [-0.2, -0.15) is 0 Å². The van der Waals surface area contributed by atoms with Gasteiger partial charge < -0.3 is 5.32 Å². The van der Waals surface area contributed by atoms with Gasteiger partial charge in [0.2, 0.25) is 5.91 Å². The molecule has 0 spiro atoms. The van der Waals surface area contributed by atoms with Gasteiger partial charge >= 0.3 is 0 Å². The highest BCUT2D eigenvalue weighted by atomic mass is 79.9. The third-order valence-corrected chi connectivity index (χ3v) is 6.60. The van der Waals surface area contributed by atoms with Gasteiger partial charge in [0.05, 0.1) is 17.1 Å². The minimum absolute atomic E-state index is 0.155. The quantitative estimate of drug-likeness (QED) is 0.541. The minimum Gasteiger partial charge on any atom is -0.326 e. The van der Waals surface area contributed by atoms with Crippen LogP contribution in [0.4, 0.5) is 11.4 Å². The highest BCUT2D eigenvalue weighted by Crippen LogP contribution is 2.28. The number of aryl methyl sites for hydroxylation is 1. The van der Waals surface area contributed by atoms with Crippen molar-refractivity contribution >= 4 is 43.2 Å². The summed E-state index contributed by atoms with van der Waals surface area (Å²) in [5.41, 5.74) is 3.08. The molecule has 0 atom stereocenters. The van der Waals surface area contributed by atoms with Crippen molar-refractivity contribution in [3.8, 4) is 0 Å². The molecule has 0 heterocycles. The molecule has 1 N–H and O–H groups in total. The average Bonchev–Trinajstić information content (AvgIpc) is 2.67. The van der Waals surface area contributed by atoms with Crippen molar-refractivity contribution < 1.29 is 13.2 Å². The molecule has 0 unspecified atom stereocenters. The van der Waals surface area contributed by atoms with E-state index >= 15 is 0 Å². The second-order valence-electron chi connectivity index (χ2n) is 6.68. The number of carbonyl (C=O) groups excluding carboxylic acids is 1. The molecule has 3 aromatic rings. The predicted octanol–water partition coefficient (Wildman–Crippen LogP) is 5.11. The van der Waals surface area contributed by atoms with Crippen molar-refractivity contribution in [3.05, 3.63) is 88.4 Å². The number of amides is 1. The van der Waals surface area contributed by atoms with E-state index in [0.717, 1.165) is 15.6 Å². The summed E-state index contributed by atoms with van der Waals surface area (Å²) >= 11 is 3.39. The first-order valence-corrected chi connectivity index (χ1v) is 11.2. The molecule has 1 amide bonds. The van der Waals surface area contributed by atoms with Crippen LogP contribution < -0.4 is 9.62 Å². The summed E-state index contributed by atoms with van der Waals surface area (Å²) in [6.45, 7) is 3.59. The molecular formula is C22H21BrN2O3S. The van der Waals surface area contributed by atoms with E-state index in [9.17, 15) is 13.2 Å². The predicted molar refractivity (Wildman–Crippen MR) is 119 cm³/mol. The average molecular weight is 473 g/mol. The van der Waals surface area contributed by atoms with Gasteiger partial charge in [0.1, 0.15) is 0 Å². The Morgan fingerprint density at radius 3 is 2.24 bits per heavy atom. The van der Waals surface area contributed by atoms with E-state index < -0.39 is 10.0 Å². The Bertz CT molecular complexity index is 1110. The Hall–Kier alpha value is -2.64. The zero-order chi connectivity index (χ0) is 21.0. The van der Waals surface area contributed by atoms with Crippen LogP contribution in [0.3, 0.4) is 0 Å². The fourth-order valence-electron chi connectivity index (χ4n) is 2.94. The van der Waals surface area contributed by atoms with Gasteiger partial charge in [-0.1, -0.05) is 45.8 Å². The molecule has 0 saturated carbocycles. The molecule has 0 aliphatic heterocycles. The van der Waals surface area contributed by atoms with Gasteiger partial charge in [0, 0.05) is 17.1 Å². The molecular weight excluding hydrogens is 452 g/mol. The fourth-order valence-corrected chi connectivity index (χ4v) is 4.66. The Labute approximate surface area is 179 Å². The number of sulfonamides is 1. The molecule has 29 heavy (non-hydrogen) atoms. The number of benzene rings is 3. The maximum absolute atomic E-state index is 13.5. The Morgan fingerprint density at radius 1 is 1.00 bits per heavy atom. The summed E-state index contributed by atoms with van der Waals surface area (Å²) < 4.78 is 29.2. The number of rotatable bonds is 6. The number of anilines is 2. The third-order valence-electron chi connectivity index (χ3n) is 4.29. The van der Waals surface area contributed by atoms with Crippen LogP contribution in [0, 0.1) is 6.92 Å². The summed E-state index contributed by atoms with van der Waals surface area (Å²) in [5, 5.41) is 2.64. The molecule has 0 bridgehead atoms. The van der Waals surface area contributed by atoms with Crippen molar-refractivity contribution in [2.75, 3.05) is 9.62 Å². The number of hydrogen-bond acceptors (Lipinski definition) is 3. The molecule has 150 valence electrons. The van der Waals surface area contributed by atoms with Crippen molar-refractivity contribution in [1.29, 1.82) is 0 Å². The monoisotopic (exact) mass is 472 g/mol. The standard InChI is InChI=1S/C22H21BrN2O3S/c1-16-4-3-5-18(14-16)15-25(21-10-6-19(23)7-11-21)29(27,28)22-12-8-20(9-13-22)24-17(2)26/h3-14H,15H2,1-2H3,(H,24,26). The number of nitrogens with one attached hydrogen (secondary N) is 1. The van der Waals surface area contributed by atoms with Crippen LogP contribution in [-0.4, -0.2) is 14.3 Å². The van der Waals surface area contributed by atoms with Crippen LogP contribution in [0.1, 0.15) is 18.1 Å². The lowest BCUT2D eigenvalue weighted by molar-refractivity contribution is -0.114. The minimum atomic E-state index is -3.82. The zero-order valence-electron chi connectivity index (χ0n) is 16.1. The van der Waals surface area contributed by atoms with Crippen molar-refractivity contribution in [2.24, 2.45) is 0 Å². The van der Waals surface area contributed by atoms with Crippen LogP contribution in [0.5, 0.6) is 0 Å². The molecule has 0 radical (unpaired) electrons. The first-order chi connectivity index (χ1) is 13.8. The van der Waals surface area contributed by atoms with Gasteiger partial charge in [-0.05, 0) is 61.0 Å².